The Bertz CT molecular complexity index is 422. The Kier molecular flexibility index (Phi) is 3.61. The van der Waals surface area contributed by atoms with Crippen molar-refractivity contribution in [1.29, 1.82) is 0 Å². The van der Waals surface area contributed by atoms with Crippen LogP contribution in [0.3, 0.4) is 0 Å². The monoisotopic (exact) mass is 254 g/mol. The lowest BCUT2D eigenvalue weighted by molar-refractivity contribution is 0.312. The summed E-state index contributed by atoms with van der Waals surface area (Å²) >= 11 is 5.99. The normalized spacial score (nSPS) is 25.4. The van der Waals surface area contributed by atoms with E-state index in [1.165, 1.54) is 5.56 Å². The highest BCUT2D eigenvalue weighted by atomic mass is 35.5. The van der Waals surface area contributed by atoms with E-state index in [4.69, 9.17) is 17.3 Å². The molecule has 2 unspecified atom stereocenters. The van der Waals surface area contributed by atoms with Crippen molar-refractivity contribution >= 4 is 11.6 Å². The topological polar surface area (TPSA) is 49.5 Å². The molecule has 2 atom stereocenters. The Morgan fingerprint density at radius 2 is 2.24 bits per heavy atom. The van der Waals surface area contributed by atoms with Crippen molar-refractivity contribution in [2.45, 2.75) is 19.4 Å². The molecule has 0 amide bonds. The maximum atomic E-state index is 9.57. The third kappa shape index (κ3) is 2.41. The van der Waals surface area contributed by atoms with Crippen LogP contribution in [0.25, 0.3) is 0 Å². The summed E-state index contributed by atoms with van der Waals surface area (Å²) in [7, 11) is 2.11. The van der Waals surface area contributed by atoms with E-state index in [0.717, 1.165) is 25.1 Å². The highest BCUT2D eigenvalue weighted by Crippen LogP contribution is 2.38. The van der Waals surface area contributed by atoms with Gasteiger partial charge in [-0.05, 0) is 56.1 Å². The molecule has 1 saturated heterocycles. The van der Waals surface area contributed by atoms with Crippen molar-refractivity contribution in [3.05, 3.63) is 28.3 Å². The van der Waals surface area contributed by atoms with Gasteiger partial charge in [0.05, 0.1) is 5.02 Å². The van der Waals surface area contributed by atoms with Crippen LogP contribution in [0.5, 0.6) is 5.75 Å². The minimum Gasteiger partial charge on any atom is -0.506 e. The van der Waals surface area contributed by atoms with E-state index in [-0.39, 0.29) is 5.75 Å². The predicted molar refractivity (Wildman–Crippen MR) is 70.4 cm³/mol. The number of aromatic hydroxyl groups is 1. The van der Waals surface area contributed by atoms with Crippen molar-refractivity contribution in [1.82, 2.24) is 4.90 Å². The number of halogens is 1. The number of aryl methyl sites for hydroxylation is 1. The maximum Gasteiger partial charge on any atom is 0.134 e. The smallest absolute Gasteiger partial charge is 0.134 e. The second kappa shape index (κ2) is 4.84. The van der Waals surface area contributed by atoms with Crippen LogP contribution in [-0.2, 0) is 0 Å². The van der Waals surface area contributed by atoms with Crippen molar-refractivity contribution in [2.24, 2.45) is 11.7 Å². The molecule has 3 N–H and O–H groups in total. The molecule has 1 aromatic rings. The molecule has 0 aliphatic carbocycles. The van der Waals surface area contributed by atoms with Crippen LogP contribution in [0.15, 0.2) is 12.1 Å². The van der Waals surface area contributed by atoms with Gasteiger partial charge in [-0.1, -0.05) is 11.6 Å². The summed E-state index contributed by atoms with van der Waals surface area (Å²) in [5.74, 6) is 0.709. The molecule has 94 valence electrons. The number of phenolic OH excluding ortho intramolecular Hbond substituents is 1. The van der Waals surface area contributed by atoms with Crippen molar-refractivity contribution in [3.63, 3.8) is 0 Å². The molecule has 0 aromatic heterocycles. The standard InChI is InChI=1S/C13H19ClN2O/c1-8-3-13(17)11(14)5-10(8)12-4-9(6-15)7-16(12)2/h3,5,9,12,17H,4,6-7,15H2,1-2H3. The first-order valence-electron chi connectivity index (χ1n) is 5.92. The summed E-state index contributed by atoms with van der Waals surface area (Å²) in [6, 6.07) is 3.98. The van der Waals surface area contributed by atoms with Crippen LogP contribution < -0.4 is 5.73 Å². The van der Waals surface area contributed by atoms with Gasteiger partial charge >= 0.3 is 0 Å². The predicted octanol–water partition coefficient (Wildman–Crippen LogP) is 2.31. The molecule has 0 bridgehead atoms. The van der Waals surface area contributed by atoms with Crippen LogP contribution >= 0.6 is 11.6 Å². The minimum atomic E-state index is 0.156. The summed E-state index contributed by atoms with van der Waals surface area (Å²) in [5.41, 5.74) is 8.02. The summed E-state index contributed by atoms with van der Waals surface area (Å²) < 4.78 is 0. The molecule has 1 aliphatic heterocycles. The fourth-order valence-corrected chi connectivity index (χ4v) is 2.85. The first-order valence-corrected chi connectivity index (χ1v) is 6.30. The van der Waals surface area contributed by atoms with E-state index in [1.54, 1.807) is 6.07 Å². The van der Waals surface area contributed by atoms with Gasteiger partial charge in [0, 0.05) is 12.6 Å². The average molecular weight is 255 g/mol. The number of rotatable bonds is 2. The van der Waals surface area contributed by atoms with Crippen LogP contribution in [0.2, 0.25) is 5.02 Å². The fraction of sp³-hybridized carbons (Fsp3) is 0.538. The molecule has 0 radical (unpaired) electrons. The lowest BCUT2D eigenvalue weighted by atomic mass is 9.96. The molecule has 2 rings (SSSR count). The van der Waals surface area contributed by atoms with Crippen LogP contribution in [0.4, 0.5) is 0 Å². The van der Waals surface area contributed by atoms with E-state index in [1.807, 2.05) is 13.0 Å². The first kappa shape index (κ1) is 12.7. The largest absolute Gasteiger partial charge is 0.506 e. The van der Waals surface area contributed by atoms with Crippen LogP contribution in [-0.4, -0.2) is 30.1 Å². The van der Waals surface area contributed by atoms with Gasteiger partial charge < -0.3 is 10.8 Å². The highest BCUT2D eigenvalue weighted by Gasteiger charge is 2.30. The number of phenols is 1. The zero-order valence-electron chi connectivity index (χ0n) is 10.3. The highest BCUT2D eigenvalue weighted by molar-refractivity contribution is 6.32. The third-order valence-corrected chi connectivity index (χ3v) is 3.97. The molecule has 1 fully saturated rings. The number of likely N-dealkylation sites (tertiary alicyclic amines) is 1. The molecule has 3 nitrogen and oxygen atoms in total. The Morgan fingerprint density at radius 3 is 2.82 bits per heavy atom. The number of nitrogens with zero attached hydrogens (tertiary/aromatic N) is 1. The quantitative estimate of drug-likeness (QED) is 0.852. The van der Waals surface area contributed by atoms with E-state index in [2.05, 4.69) is 11.9 Å². The van der Waals surface area contributed by atoms with Crippen LogP contribution in [0, 0.1) is 12.8 Å². The molecule has 0 spiro atoms. The van der Waals surface area contributed by atoms with Gasteiger partial charge in [0.2, 0.25) is 0 Å². The van der Waals surface area contributed by atoms with Gasteiger partial charge in [0.1, 0.15) is 5.75 Å². The Balaban J connectivity index is 2.31. The Labute approximate surface area is 107 Å². The molecular weight excluding hydrogens is 236 g/mol. The Morgan fingerprint density at radius 1 is 1.53 bits per heavy atom. The molecule has 0 saturated carbocycles. The number of benzene rings is 1. The van der Waals surface area contributed by atoms with E-state index in [9.17, 15) is 5.11 Å². The lowest BCUT2D eigenvalue weighted by Crippen LogP contribution is -2.21. The van der Waals surface area contributed by atoms with E-state index in [0.29, 0.717) is 17.0 Å². The first-order chi connectivity index (χ1) is 8.02. The summed E-state index contributed by atoms with van der Waals surface area (Å²) in [6.07, 6.45) is 1.06. The third-order valence-electron chi connectivity index (χ3n) is 3.66. The minimum absolute atomic E-state index is 0.156. The zero-order valence-corrected chi connectivity index (χ0v) is 11.0. The average Bonchev–Trinajstić information content (AvgIpc) is 2.65. The SMILES string of the molecule is Cc1cc(O)c(Cl)cc1C1CC(CN)CN1C. The van der Waals surface area contributed by atoms with Crippen molar-refractivity contribution in [2.75, 3.05) is 20.1 Å². The van der Waals surface area contributed by atoms with Gasteiger partial charge in [-0.15, -0.1) is 0 Å². The molecule has 1 aliphatic rings. The lowest BCUT2D eigenvalue weighted by Gasteiger charge is -2.22. The van der Waals surface area contributed by atoms with Gasteiger partial charge in [-0.2, -0.15) is 0 Å². The zero-order chi connectivity index (χ0) is 12.6. The Hall–Kier alpha value is -0.770. The van der Waals surface area contributed by atoms with Crippen molar-refractivity contribution in [3.8, 4) is 5.75 Å². The molecular formula is C13H19ClN2O. The molecule has 4 heteroatoms. The molecule has 17 heavy (non-hydrogen) atoms. The van der Waals surface area contributed by atoms with E-state index >= 15 is 0 Å². The van der Waals surface area contributed by atoms with Crippen LogP contribution in [0.1, 0.15) is 23.6 Å². The maximum absolute atomic E-state index is 9.57. The summed E-state index contributed by atoms with van der Waals surface area (Å²) in [5, 5.41) is 9.99. The summed E-state index contributed by atoms with van der Waals surface area (Å²) in [6.45, 7) is 3.76. The van der Waals surface area contributed by atoms with Gasteiger partial charge in [0.15, 0.2) is 0 Å². The second-order valence-electron chi connectivity index (χ2n) is 4.95. The number of hydrogen-bond acceptors (Lipinski definition) is 3. The van der Waals surface area contributed by atoms with E-state index < -0.39 is 0 Å². The number of nitrogens with two attached hydrogens (primary N) is 1. The second-order valence-corrected chi connectivity index (χ2v) is 5.36. The molecule has 1 heterocycles. The summed E-state index contributed by atoms with van der Waals surface area (Å²) in [4.78, 5) is 2.31. The van der Waals surface area contributed by atoms with Gasteiger partial charge in [-0.25, -0.2) is 0 Å². The van der Waals surface area contributed by atoms with Gasteiger partial charge in [0.25, 0.3) is 0 Å². The molecule has 1 aromatic carbocycles. The van der Waals surface area contributed by atoms with Crippen molar-refractivity contribution < 1.29 is 5.11 Å². The van der Waals surface area contributed by atoms with Gasteiger partial charge in [-0.3, -0.25) is 4.90 Å². The number of hydrogen-bond donors (Lipinski definition) is 2. The fourth-order valence-electron chi connectivity index (χ4n) is 2.68.